The number of nitrogens with one attached hydrogen (secondary N) is 1. The molecule has 5 nitrogen and oxygen atoms in total. The Bertz CT molecular complexity index is 743. The fourth-order valence-corrected chi connectivity index (χ4v) is 2.42. The molecule has 2 rings (SSSR count). The second-order valence-corrected chi connectivity index (χ2v) is 6.80. The lowest BCUT2D eigenvalue weighted by Crippen LogP contribution is -2.15. The van der Waals surface area contributed by atoms with Gasteiger partial charge in [-0.15, -0.1) is 0 Å². The number of hydrogen-bond donors (Lipinski definition) is 1. The molecule has 0 saturated heterocycles. The molecule has 0 saturated carbocycles. The number of hydrogen-bond acceptors (Lipinski definition) is 4. The van der Waals surface area contributed by atoms with Crippen molar-refractivity contribution in [3.05, 3.63) is 39.1 Å². The first-order chi connectivity index (χ1) is 9.92. The Morgan fingerprint density at radius 3 is 2.76 bits per heavy atom. The van der Waals surface area contributed by atoms with Crippen molar-refractivity contribution in [2.75, 3.05) is 7.11 Å². The van der Waals surface area contributed by atoms with Crippen LogP contribution in [0.25, 0.3) is 10.9 Å². The normalized spacial score (nSPS) is 13.2. The molecule has 1 heterocycles. The van der Waals surface area contributed by atoms with Gasteiger partial charge in [0.05, 0.1) is 40.8 Å². The summed E-state index contributed by atoms with van der Waals surface area (Å²) in [4.78, 5) is 14.7. The number of aromatic amines is 1. The summed E-state index contributed by atoms with van der Waals surface area (Å²) in [5, 5.41) is 1.10. The highest BCUT2D eigenvalue weighted by Crippen LogP contribution is 2.28. The number of benzene rings is 1. The monoisotopic (exact) mass is 326 g/mol. The van der Waals surface area contributed by atoms with E-state index in [1.54, 1.807) is 32.0 Å². The molecule has 0 amide bonds. The molecule has 1 N–H and O–H groups in total. The van der Waals surface area contributed by atoms with Crippen molar-refractivity contribution < 1.29 is 9.29 Å². The molecular formula is C14H15ClN2O3S. The van der Waals surface area contributed by atoms with E-state index >= 15 is 0 Å². The number of rotatable bonds is 4. The number of pyridine rings is 1. The summed E-state index contributed by atoms with van der Waals surface area (Å²) in [5.41, 5.74) is 0.637. The molecule has 112 valence electrons. The van der Waals surface area contributed by atoms with Crippen LogP contribution in [0, 0.1) is 0 Å². The average Bonchev–Trinajstić information content (AvgIpc) is 2.44. The number of nitrogens with zero attached hydrogens (tertiary/aromatic N) is 1. The Kier molecular flexibility index (Phi) is 4.92. The zero-order valence-corrected chi connectivity index (χ0v) is 13.4. The van der Waals surface area contributed by atoms with E-state index in [-0.39, 0.29) is 10.8 Å². The van der Waals surface area contributed by atoms with E-state index in [0.717, 1.165) is 5.39 Å². The molecule has 0 fully saturated rings. The number of H-pyrrole nitrogens is 1. The van der Waals surface area contributed by atoms with Gasteiger partial charge in [-0.3, -0.25) is 4.79 Å². The summed E-state index contributed by atoms with van der Waals surface area (Å²) >= 11 is 4.71. The van der Waals surface area contributed by atoms with Crippen LogP contribution in [-0.2, 0) is 11.4 Å². The Balaban J connectivity index is 2.48. The first-order valence-corrected chi connectivity index (χ1v) is 7.82. The van der Waals surface area contributed by atoms with Crippen LogP contribution in [-0.4, -0.2) is 28.1 Å². The highest BCUT2D eigenvalue weighted by molar-refractivity contribution is 7.90. The quantitative estimate of drug-likeness (QED) is 0.693. The Labute approximate surface area is 130 Å². The van der Waals surface area contributed by atoms with Crippen molar-refractivity contribution in [3.8, 4) is 5.75 Å². The lowest BCUT2D eigenvalue weighted by molar-refractivity contribution is 0.415. The fraction of sp³-hybridized carbons (Fsp3) is 0.286. The maximum absolute atomic E-state index is 12.0. The molecule has 1 atom stereocenters. The zero-order valence-electron chi connectivity index (χ0n) is 11.8. The van der Waals surface area contributed by atoms with Crippen LogP contribution in [0.5, 0.6) is 5.75 Å². The van der Waals surface area contributed by atoms with Gasteiger partial charge in [-0.25, -0.2) is 0 Å². The second kappa shape index (κ2) is 6.51. The smallest absolute Gasteiger partial charge is 0.257 e. The van der Waals surface area contributed by atoms with E-state index in [1.165, 1.54) is 13.3 Å². The topological polar surface area (TPSA) is 77.5 Å². The lowest BCUT2D eigenvalue weighted by Gasteiger charge is -2.07. The third kappa shape index (κ3) is 3.58. The molecule has 0 spiro atoms. The highest BCUT2D eigenvalue weighted by atomic mass is 35.5. The van der Waals surface area contributed by atoms with Crippen LogP contribution in [0.15, 0.2) is 27.4 Å². The third-order valence-corrected chi connectivity index (χ3v) is 4.26. The SMILES string of the molecule is COc1cc2[nH]c(=O)c(C=N[S+]([O-])C(C)C)cc2cc1Cl. The zero-order chi connectivity index (χ0) is 15.6. The molecule has 0 bridgehead atoms. The number of methoxy groups -OCH3 is 1. The molecule has 2 aromatic rings. The van der Waals surface area contributed by atoms with E-state index in [2.05, 4.69) is 9.38 Å². The molecule has 1 unspecified atom stereocenters. The second-order valence-electron chi connectivity index (χ2n) is 4.69. The van der Waals surface area contributed by atoms with Gasteiger partial charge >= 0.3 is 0 Å². The minimum atomic E-state index is -1.35. The van der Waals surface area contributed by atoms with Crippen molar-refractivity contribution >= 4 is 40.1 Å². The highest BCUT2D eigenvalue weighted by Gasteiger charge is 2.11. The summed E-state index contributed by atoms with van der Waals surface area (Å²) < 4.78 is 20.6. The van der Waals surface area contributed by atoms with Gasteiger partial charge in [0.15, 0.2) is 0 Å². The minimum absolute atomic E-state index is 0.0977. The van der Waals surface area contributed by atoms with Crippen LogP contribution in [0.2, 0.25) is 5.02 Å². The van der Waals surface area contributed by atoms with Crippen LogP contribution >= 0.6 is 11.6 Å². The Hall–Kier alpha value is -1.50. The van der Waals surface area contributed by atoms with Gasteiger partial charge in [0.1, 0.15) is 11.0 Å². The maximum atomic E-state index is 12.0. The van der Waals surface area contributed by atoms with Crippen molar-refractivity contribution in [2.45, 2.75) is 19.1 Å². The summed E-state index contributed by atoms with van der Waals surface area (Å²) in [6.45, 7) is 3.59. The Morgan fingerprint density at radius 1 is 1.43 bits per heavy atom. The molecule has 21 heavy (non-hydrogen) atoms. The molecule has 1 aromatic carbocycles. The molecule has 1 aromatic heterocycles. The van der Waals surface area contributed by atoms with Crippen molar-refractivity contribution in [1.82, 2.24) is 4.98 Å². The Morgan fingerprint density at radius 2 is 2.14 bits per heavy atom. The summed E-state index contributed by atoms with van der Waals surface area (Å²) in [7, 11) is 1.51. The predicted molar refractivity (Wildman–Crippen MR) is 87.0 cm³/mol. The number of aromatic nitrogens is 1. The molecular weight excluding hydrogens is 312 g/mol. The minimum Gasteiger partial charge on any atom is -0.591 e. The molecule has 7 heteroatoms. The fourth-order valence-electron chi connectivity index (χ4n) is 1.71. The van der Waals surface area contributed by atoms with E-state index in [9.17, 15) is 9.35 Å². The van der Waals surface area contributed by atoms with E-state index in [0.29, 0.717) is 21.9 Å². The van der Waals surface area contributed by atoms with Crippen LogP contribution in [0.3, 0.4) is 0 Å². The van der Waals surface area contributed by atoms with Gasteiger partial charge in [-0.1, -0.05) is 16.0 Å². The summed E-state index contributed by atoms with van der Waals surface area (Å²) in [5.74, 6) is 0.488. The molecule has 0 aliphatic rings. The molecule has 0 aliphatic carbocycles. The van der Waals surface area contributed by atoms with Gasteiger partial charge in [-0.05, 0) is 26.0 Å². The van der Waals surface area contributed by atoms with E-state index in [4.69, 9.17) is 16.3 Å². The van der Waals surface area contributed by atoms with Gasteiger partial charge in [0, 0.05) is 11.5 Å². The van der Waals surface area contributed by atoms with Crippen molar-refractivity contribution in [2.24, 2.45) is 4.40 Å². The van der Waals surface area contributed by atoms with Gasteiger partial charge in [0.25, 0.3) is 5.56 Å². The van der Waals surface area contributed by atoms with E-state index in [1.807, 2.05) is 0 Å². The van der Waals surface area contributed by atoms with Gasteiger partial charge in [-0.2, -0.15) is 0 Å². The average molecular weight is 327 g/mol. The number of halogens is 1. The first kappa shape index (κ1) is 15.9. The summed E-state index contributed by atoms with van der Waals surface area (Å²) in [6.07, 6.45) is 1.33. The largest absolute Gasteiger partial charge is 0.591 e. The van der Waals surface area contributed by atoms with Crippen molar-refractivity contribution in [1.29, 1.82) is 0 Å². The number of fused-ring (bicyclic) bond motifs is 1. The summed E-state index contributed by atoms with van der Waals surface area (Å²) in [6, 6.07) is 5.01. The predicted octanol–water partition coefficient (Wildman–Crippen LogP) is 2.68. The first-order valence-electron chi connectivity index (χ1n) is 6.27. The van der Waals surface area contributed by atoms with Crippen LogP contribution in [0.1, 0.15) is 19.4 Å². The maximum Gasteiger partial charge on any atom is 0.257 e. The molecule has 0 aliphatic heterocycles. The van der Waals surface area contributed by atoms with Crippen molar-refractivity contribution in [3.63, 3.8) is 0 Å². The third-order valence-electron chi connectivity index (χ3n) is 2.84. The van der Waals surface area contributed by atoms with Crippen LogP contribution in [0.4, 0.5) is 0 Å². The number of ether oxygens (including phenoxy) is 1. The molecule has 0 radical (unpaired) electrons. The van der Waals surface area contributed by atoms with Gasteiger partial charge in [0.2, 0.25) is 0 Å². The lowest BCUT2D eigenvalue weighted by atomic mass is 10.1. The van der Waals surface area contributed by atoms with Crippen LogP contribution < -0.4 is 10.3 Å². The standard InChI is InChI=1S/C14H15ClN2O3S/c1-8(2)21(19)16-7-10-4-9-5-11(15)13(20-3)6-12(9)17-14(10)18/h4-8H,1-3H3,(H,17,18). The van der Waals surface area contributed by atoms with Gasteiger partial charge < -0.3 is 14.3 Å². The van der Waals surface area contributed by atoms with E-state index < -0.39 is 11.4 Å².